The fourth-order valence-electron chi connectivity index (χ4n) is 3.13. The summed E-state index contributed by atoms with van der Waals surface area (Å²) in [6.07, 6.45) is 0.741. The second-order valence-electron chi connectivity index (χ2n) is 6.44. The second-order valence-corrected chi connectivity index (χ2v) is 8.35. The lowest BCUT2D eigenvalue weighted by atomic mass is 10.2. The van der Waals surface area contributed by atoms with Crippen molar-refractivity contribution in [3.8, 4) is 5.75 Å². The monoisotopic (exact) mass is 383 g/mol. The van der Waals surface area contributed by atoms with Crippen LogP contribution in [0.1, 0.15) is 6.42 Å². The van der Waals surface area contributed by atoms with Gasteiger partial charge >= 0.3 is 0 Å². The maximum atomic E-state index is 12.5. The first kappa shape index (κ1) is 18.9. The van der Waals surface area contributed by atoms with Gasteiger partial charge in [0.25, 0.3) is 5.91 Å². The standard InChI is InChI=1S/C17H25N3O5S/c1-26(22,23)20-8-6-16(25-15-5-3-2-4-14(15)20)17(21)18-7-9-19-10-12-24-13-11-19/h2-5,16H,6-13H2,1H3,(H,18,21)/t16-/m1/s1. The van der Waals surface area contributed by atoms with E-state index in [1.165, 1.54) is 4.31 Å². The molecule has 3 rings (SSSR count). The molecular formula is C17H25N3O5S. The largest absolute Gasteiger partial charge is 0.478 e. The van der Waals surface area contributed by atoms with E-state index < -0.39 is 16.1 Å². The Morgan fingerprint density at radius 1 is 1.23 bits per heavy atom. The number of carbonyl (C=O) groups excluding carboxylic acids is 1. The van der Waals surface area contributed by atoms with Crippen molar-refractivity contribution in [2.75, 3.05) is 56.5 Å². The number of amides is 1. The third kappa shape index (κ3) is 4.66. The molecule has 0 saturated carbocycles. The predicted molar refractivity (Wildman–Crippen MR) is 97.9 cm³/mol. The Hall–Kier alpha value is -1.84. The topological polar surface area (TPSA) is 88.2 Å². The van der Waals surface area contributed by atoms with Gasteiger partial charge in [-0.15, -0.1) is 0 Å². The van der Waals surface area contributed by atoms with Crippen molar-refractivity contribution in [1.82, 2.24) is 10.2 Å². The average Bonchev–Trinajstić information content (AvgIpc) is 2.82. The van der Waals surface area contributed by atoms with Crippen LogP contribution in [0.25, 0.3) is 0 Å². The van der Waals surface area contributed by atoms with E-state index in [-0.39, 0.29) is 12.5 Å². The summed E-state index contributed by atoms with van der Waals surface area (Å²) in [5, 5.41) is 2.90. The van der Waals surface area contributed by atoms with Crippen LogP contribution in [-0.2, 0) is 19.6 Å². The molecular weight excluding hydrogens is 358 g/mol. The number of anilines is 1. The lowest BCUT2D eigenvalue weighted by Gasteiger charge is -2.26. The van der Waals surface area contributed by atoms with E-state index in [2.05, 4.69) is 10.2 Å². The third-order valence-electron chi connectivity index (χ3n) is 4.52. The molecule has 26 heavy (non-hydrogen) atoms. The van der Waals surface area contributed by atoms with Crippen molar-refractivity contribution < 1.29 is 22.7 Å². The molecule has 1 saturated heterocycles. The molecule has 1 aromatic carbocycles. The number of morpholine rings is 1. The van der Waals surface area contributed by atoms with Crippen molar-refractivity contribution in [3.63, 3.8) is 0 Å². The summed E-state index contributed by atoms with van der Waals surface area (Å²) in [6.45, 7) is 4.66. The van der Waals surface area contributed by atoms with Crippen LogP contribution in [0.3, 0.4) is 0 Å². The molecule has 8 nitrogen and oxygen atoms in total. The number of para-hydroxylation sites is 2. The van der Waals surface area contributed by atoms with Gasteiger partial charge in [-0.3, -0.25) is 14.0 Å². The highest BCUT2D eigenvalue weighted by Crippen LogP contribution is 2.33. The van der Waals surface area contributed by atoms with Gasteiger partial charge in [0.05, 0.1) is 25.2 Å². The number of sulfonamides is 1. The van der Waals surface area contributed by atoms with Crippen molar-refractivity contribution in [2.45, 2.75) is 12.5 Å². The Morgan fingerprint density at radius 3 is 2.69 bits per heavy atom. The SMILES string of the molecule is CS(=O)(=O)N1CC[C@H](C(=O)NCCN2CCOCC2)Oc2ccccc21. The normalized spacial score (nSPS) is 21.4. The van der Waals surface area contributed by atoms with Crippen LogP contribution >= 0.6 is 0 Å². The van der Waals surface area contributed by atoms with Gasteiger partial charge in [-0.2, -0.15) is 0 Å². The molecule has 2 aliphatic rings. The number of hydrogen-bond acceptors (Lipinski definition) is 6. The van der Waals surface area contributed by atoms with Crippen molar-refractivity contribution in [2.24, 2.45) is 0 Å². The van der Waals surface area contributed by atoms with Gasteiger partial charge in [-0.25, -0.2) is 8.42 Å². The van der Waals surface area contributed by atoms with Gasteiger partial charge in [0.2, 0.25) is 10.0 Å². The summed E-state index contributed by atoms with van der Waals surface area (Å²) in [7, 11) is -3.44. The maximum Gasteiger partial charge on any atom is 0.261 e. The van der Waals surface area contributed by atoms with Crippen LogP contribution in [0.2, 0.25) is 0 Å². The highest BCUT2D eigenvalue weighted by Gasteiger charge is 2.30. The van der Waals surface area contributed by atoms with Gasteiger partial charge in [-0.05, 0) is 12.1 Å². The van der Waals surface area contributed by atoms with E-state index in [9.17, 15) is 13.2 Å². The molecule has 144 valence electrons. The quantitative estimate of drug-likeness (QED) is 0.773. The fourth-order valence-corrected chi connectivity index (χ4v) is 4.08. The Balaban J connectivity index is 1.61. The maximum absolute atomic E-state index is 12.5. The number of ether oxygens (including phenoxy) is 2. The number of rotatable bonds is 5. The number of fused-ring (bicyclic) bond motifs is 1. The highest BCUT2D eigenvalue weighted by molar-refractivity contribution is 7.92. The molecule has 0 radical (unpaired) electrons. The van der Waals surface area contributed by atoms with E-state index >= 15 is 0 Å². The summed E-state index contributed by atoms with van der Waals surface area (Å²) >= 11 is 0. The molecule has 9 heteroatoms. The van der Waals surface area contributed by atoms with Crippen LogP contribution in [0.15, 0.2) is 24.3 Å². The fraction of sp³-hybridized carbons (Fsp3) is 0.588. The summed E-state index contributed by atoms with van der Waals surface area (Å²) in [6, 6.07) is 6.89. The lowest BCUT2D eigenvalue weighted by Crippen LogP contribution is -2.45. The number of hydrogen-bond donors (Lipinski definition) is 1. The van der Waals surface area contributed by atoms with Gasteiger partial charge in [-0.1, -0.05) is 12.1 Å². The molecule has 2 heterocycles. The van der Waals surface area contributed by atoms with E-state index in [1.807, 2.05) is 0 Å². The van der Waals surface area contributed by atoms with Crippen LogP contribution < -0.4 is 14.4 Å². The number of benzene rings is 1. The van der Waals surface area contributed by atoms with Crippen molar-refractivity contribution in [1.29, 1.82) is 0 Å². The Morgan fingerprint density at radius 2 is 1.96 bits per heavy atom. The van der Waals surface area contributed by atoms with E-state index in [0.29, 0.717) is 24.4 Å². The molecule has 1 aromatic rings. The first-order valence-corrected chi connectivity index (χ1v) is 10.6. The summed E-state index contributed by atoms with van der Waals surface area (Å²) in [5.74, 6) is 0.187. The Bertz CT molecular complexity index is 734. The minimum atomic E-state index is -3.44. The molecule has 0 bridgehead atoms. The molecule has 1 atom stereocenters. The van der Waals surface area contributed by atoms with Gasteiger partial charge in [0.15, 0.2) is 6.10 Å². The lowest BCUT2D eigenvalue weighted by molar-refractivity contribution is -0.128. The zero-order valence-electron chi connectivity index (χ0n) is 14.9. The van der Waals surface area contributed by atoms with Gasteiger partial charge in [0.1, 0.15) is 5.75 Å². The van der Waals surface area contributed by atoms with E-state index in [0.717, 1.165) is 39.1 Å². The summed E-state index contributed by atoms with van der Waals surface area (Å²) in [4.78, 5) is 14.7. The first-order valence-electron chi connectivity index (χ1n) is 8.76. The number of nitrogens with zero attached hydrogens (tertiary/aromatic N) is 2. The minimum Gasteiger partial charge on any atom is -0.478 e. The van der Waals surface area contributed by atoms with Crippen LogP contribution in [0.4, 0.5) is 5.69 Å². The van der Waals surface area contributed by atoms with Crippen molar-refractivity contribution >= 4 is 21.6 Å². The molecule has 1 fully saturated rings. The first-order chi connectivity index (χ1) is 12.4. The molecule has 0 unspecified atom stereocenters. The zero-order chi connectivity index (χ0) is 18.6. The molecule has 0 aromatic heterocycles. The van der Waals surface area contributed by atoms with Crippen LogP contribution in [0, 0.1) is 0 Å². The molecule has 0 aliphatic carbocycles. The van der Waals surface area contributed by atoms with Gasteiger partial charge in [0, 0.05) is 39.1 Å². The average molecular weight is 383 g/mol. The van der Waals surface area contributed by atoms with E-state index in [1.54, 1.807) is 24.3 Å². The molecule has 0 spiro atoms. The molecule has 2 aliphatic heterocycles. The third-order valence-corrected chi connectivity index (χ3v) is 5.70. The predicted octanol–water partition coefficient (Wildman–Crippen LogP) is 0.0521. The zero-order valence-corrected chi connectivity index (χ0v) is 15.7. The van der Waals surface area contributed by atoms with Gasteiger partial charge < -0.3 is 14.8 Å². The van der Waals surface area contributed by atoms with Crippen LogP contribution in [-0.4, -0.2) is 77.5 Å². The molecule has 1 N–H and O–H groups in total. The Kier molecular flexibility index (Phi) is 6.00. The van der Waals surface area contributed by atoms with Crippen LogP contribution in [0.5, 0.6) is 5.75 Å². The minimum absolute atomic E-state index is 0.206. The summed E-state index contributed by atoms with van der Waals surface area (Å²) in [5.41, 5.74) is 0.471. The van der Waals surface area contributed by atoms with Crippen molar-refractivity contribution in [3.05, 3.63) is 24.3 Å². The smallest absolute Gasteiger partial charge is 0.261 e. The second kappa shape index (κ2) is 8.24. The Labute approximate surface area is 154 Å². The summed E-state index contributed by atoms with van der Waals surface area (Å²) < 4.78 is 36.6. The highest BCUT2D eigenvalue weighted by atomic mass is 32.2. The van der Waals surface area contributed by atoms with E-state index in [4.69, 9.17) is 9.47 Å². The number of carbonyl (C=O) groups is 1. The molecule has 1 amide bonds. The number of nitrogens with one attached hydrogen (secondary N) is 1.